The first-order valence-electron chi connectivity index (χ1n) is 21.0. The van der Waals surface area contributed by atoms with Crippen LogP contribution >= 0.6 is 0 Å². The van der Waals surface area contributed by atoms with Crippen molar-refractivity contribution >= 4 is 43.9 Å². The van der Waals surface area contributed by atoms with E-state index in [1.165, 1.54) is 44.2 Å². The number of hydrogen-bond acceptors (Lipinski definition) is 3. The summed E-state index contributed by atoms with van der Waals surface area (Å²) in [7, 11) is 0. The molecule has 0 aliphatic carbocycles. The van der Waals surface area contributed by atoms with Crippen LogP contribution in [0.2, 0.25) is 0 Å². The topological polar surface area (TPSA) is 43.9 Å². The fraction of sp³-hybridized carbons (Fsp3) is 0. The van der Waals surface area contributed by atoms with E-state index in [-0.39, 0.29) is 0 Å². The Balaban J connectivity index is 0.947. The number of fused-ring (bicyclic) bond motifs is 6. The van der Waals surface area contributed by atoms with Gasteiger partial charge in [-0.05, 0) is 98.6 Å². The molecule has 0 radical (unpaired) electrons. The van der Waals surface area contributed by atoms with Gasteiger partial charge in [0.25, 0.3) is 0 Å². The third kappa shape index (κ3) is 6.08. The van der Waals surface area contributed by atoms with Crippen molar-refractivity contribution in [2.24, 2.45) is 0 Å². The van der Waals surface area contributed by atoms with Crippen molar-refractivity contribution in [3.05, 3.63) is 225 Å². The molecule has 3 heterocycles. The Hall–Kier alpha value is -8.34. The van der Waals surface area contributed by atoms with Gasteiger partial charge in [0, 0.05) is 33.0 Å². The van der Waals surface area contributed by atoms with Gasteiger partial charge in [0.1, 0.15) is 23.1 Å². The molecular weight excluding hydrogens is 755 g/mol. The average molecular weight is 792 g/mol. The highest BCUT2D eigenvalue weighted by Crippen LogP contribution is 2.41. The van der Waals surface area contributed by atoms with Crippen LogP contribution in [0.15, 0.2) is 229 Å². The Morgan fingerprint density at radius 3 is 1.45 bits per heavy atom. The molecule has 3 aromatic heterocycles. The molecule has 0 atom stereocenters. The first kappa shape index (κ1) is 35.6. The third-order valence-corrected chi connectivity index (χ3v) is 12.1. The van der Waals surface area contributed by atoms with Crippen molar-refractivity contribution in [1.29, 1.82) is 0 Å². The minimum atomic E-state index is 0.678. The average Bonchev–Trinajstić information content (AvgIpc) is 3.90. The smallest absolute Gasteiger partial charge is 0.180 e. The molecule has 0 aliphatic heterocycles. The van der Waals surface area contributed by atoms with E-state index in [2.05, 4.69) is 217 Å². The van der Waals surface area contributed by atoms with Crippen LogP contribution in [-0.2, 0) is 0 Å². The molecule has 0 N–H and O–H groups in total. The van der Waals surface area contributed by atoms with Crippen molar-refractivity contribution in [2.45, 2.75) is 0 Å². The number of rotatable bonds is 7. The Bertz CT molecular complexity index is 3510. The van der Waals surface area contributed by atoms with E-state index in [9.17, 15) is 0 Å². The van der Waals surface area contributed by atoms with Gasteiger partial charge in [-0.3, -0.25) is 0 Å². The summed E-state index contributed by atoms with van der Waals surface area (Å²) in [6.45, 7) is 0. The van der Waals surface area contributed by atoms with Gasteiger partial charge in [-0.25, -0.2) is 9.97 Å². The summed E-state index contributed by atoms with van der Waals surface area (Å²) in [5.41, 5.74) is 18.9. The van der Waals surface area contributed by atoms with Crippen LogP contribution in [0.3, 0.4) is 0 Å². The van der Waals surface area contributed by atoms with Gasteiger partial charge in [0.05, 0.1) is 11.0 Å². The molecule has 0 spiro atoms. The molecule has 0 bridgehead atoms. The lowest BCUT2D eigenvalue weighted by molar-refractivity contribution is 0.668. The summed E-state index contributed by atoms with van der Waals surface area (Å²) in [5, 5.41) is 3.41. The lowest BCUT2D eigenvalue weighted by Gasteiger charge is -2.12. The van der Waals surface area contributed by atoms with Gasteiger partial charge >= 0.3 is 0 Å². The van der Waals surface area contributed by atoms with E-state index in [0.717, 1.165) is 66.7 Å². The zero-order chi connectivity index (χ0) is 41.0. The Labute approximate surface area is 358 Å². The second-order valence-corrected chi connectivity index (χ2v) is 15.8. The quantitative estimate of drug-likeness (QED) is 0.161. The fourth-order valence-electron chi connectivity index (χ4n) is 9.10. The minimum Gasteiger partial charge on any atom is -0.451 e. The van der Waals surface area contributed by atoms with Crippen LogP contribution in [0.5, 0.6) is 0 Å². The summed E-state index contributed by atoms with van der Waals surface area (Å²) in [6, 6.07) is 77.8. The number of hydrogen-bond donors (Lipinski definition) is 0. The van der Waals surface area contributed by atoms with Crippen LogP contribution in [0.4, 0.5) is 0 Å². The van der Waals surface area contributed by atoms with E-state index in [1.807, 2.05) is 6.07 Å². The number of benzene rings is 9. The molecule has 0 unspecified atom stereocenters. The number of para-hydroxylation sites is 1. The van der Waals surface area contributed by atoms with E-state index >= 15 is 0 Å². The van der Waals surface area contributed by atoms with Gasteiger partial charge in [-0.1, -0.05) is 170 Å². The van der Waals surface area contributed by atoms with Crippen LogP contribution < -0.4 is 0 Å². The fourth-order valence-corrected chi connectivity index (χ4v) is 9.10. The van der Waals surface area contributed by atoms with E-state index < -0.39 is 0 Å². The molecule has 9 aromatic carbocycles. The monoisotopic (exact) mass is 791 g/mol. The molecule has 4 nitrogen and oxygen atoms in total. The summed E-state index contributed by atoms with van der Waals surface area (Å²) in [6.07, 6.45) is 1.65. The van der Waals surface area contributed by atoms with Crippen molar-refractivity contribution < 1.29 is 4.42 Å². The predicted octanol–water partition coefficient (Wildman–Crippen LogP) is 15.5. The van der Waals surface area contributed by atoms with Gasteiger partial charge in [-0.15, -0.1) is 0 Å². The first-order chi connectivity index (χ1) is 30.7. The summed E-state index contributed by atoms with van der Waals surface area (Å²) in [5.74, 6) is 0. The Morgan fingerprint density at radius 1 is 0.323 bits per heavy atom. The Kier molecular flexibility index (Phi) is 8.46. The highest BCUT2D eigenvalue weighted by atomic mass is 16.3. The second-order valence-electron chi connectivity index (χ2n) is 15.8. The van der Waals surface area contributed by atoms with E-state index in [1.54, 1.807) is 6.33 Å². The van der Waals surface area contributed by atoms with Crippen LogP contribution in [0, 0.1) is 0 Å². The molecule has 0 saturated carbocycles. The van der Waals surface area contributed by atoms with Crippen molar-refractivity contribution in [2.75, 3.05) is 0 Å². The molecule has 12 rings (SSSR count). The highest BCUT2D eigenvalue weighted by molar-refractivity contribution is 6.12. The maximum Gasteiger partial charge on any atom is 0.180 e. The standard InChI is InChI=1S/C58H37N3O/c1-4-13-38(14-5-1)41-25-27-42(28-26-41)49-23-12-24-50-56-58(62-57(49)50)55(59-37-60-56)47-21-10-19-43(33-47)44-20-11-22-48(34-44)61-53-31-29-45(39-15-6-2-7-16-39)35-51(53)52-36-46(30-32-54(52)61)40-17-8-3-9-18-40/h1-37H. The SMILES string of the molecule is c1ccc(-c2ccc(-c3cccc4c3oc3c(-c5cccc(-c6cccc(-n7c8ccc(-c9ccccc9)cc8c8cc(-c9ccccc9)ccc87)c6)c5)ncnc34)cc2)cc1. The third-order valence-electron chi connectivity index (χ3n) is 12.1. The van der Waals surface area contributed by atoms with Gasteiger partial charge in [0.2, 0.25) is 0 Å². The largest absolute Gasteiger partial charge is 0.451 e. The van der Waals surface area contributed by atoms with E-state index in [4.69, 9.17) is 14.4 Å². The molecule has 290 valence electrons. The molecule has 0 aliphatic rings. The van der Waals surface area contributed by atoms with Crippen molar-refractivity contribution in [3.8, 4) is 72.6 Å². The summed E-state index contributed by atoms with van der Waals surface area (Å²) >= 11 is 0. The van der Waals surface area contributed by atoms with Crippen LogP contribution in [0.1, 0.15) is 0 Å². The molecule has 0 saturated heterocycles. The molecular formula is C58H37N3O. The first-order valence-corrected chi connectivity index (χ1v) is 21.0. The lowest BCUT2D eigenvalue weighted by Crippen LogP contribution is -1.94. The summed E-state index contributed by atoms with van der Waals surface area (Å²) < 4.78 is 9.18. The zero-order valence-electron chi connectivity index (χ0n) is 33.6. The van der Waals surface area contributed by atoms with Gasteiger partial charge in [0.15, 0.2) is 5.58 Å². The molecule has 4 heteroatoms. The van der Waals surface area contributed by atoms with Crippen LogP contribution in [-0.4, -0.2) is 14.5 Å². The van der Waals surface area contributed by atoms with Gasteiger partial charge < -0.3 is 8.98 Å². The highest BCUT2D eigenvalue weighted by Gasteiger charge is 2.19. The van der Waals surface area contributed by atoms with Crippen LogP contribution in [0.25, 0.3) is 116 Å². The van der Waals surface area contributed by atoms with Gasteiger partial charge in [-0.2, -0.15) is 0 Å². The Morgan fingerprint density at radius 2 is 0.806 bits per heavy atom. The second kappa shape index (κ2) is 14.7. The normalized spacial score (nSPS) is 11.5. The molecule has 0 amide bonds. The molecule has 62 heavy (non-hydrogen) atoms. The lowest BCUT2D eigenvalue weighted by atomic mass is 9.99. The van der Waals surface area contributed by atoms with Crippen molar-refractivity contribution in [3.63, 3.8) is 0 Å². The number of nitrogens with zero attached hydrogens (tertiary/aromatic N) is 3. The van der Waals surface area contributed by atoms with Crippen molar-refractivity contribution in [1.82, 2.24) is 14.5 Å². The molecule has 12 aromatic rings. The summed E-state index contributed by atoms with van der Waals surface area (Å²) in [4.78, 5) is 9.58. The molecule has 0 fully saturated rings. The zero-order valence-corrected chi connectivity index (χ0v) is 33.6. The maximum atomic E-state index is 6.78. The number of aromatic nitrogens is 3. The van der Waals surface area contributed by atoms with E-state index in [0.29, 0.717) is 5.58 Å². The minimum absolute atomic E-state index is 0.678. The predicted molar refractivity (Wildman–Crippen MR) is 256 cm³/mol. The number of furan rings is 1. The maximum absolute atomic E-state index is 6.78.